The first-order valence-electron chi connectivity index (χ1n) is 11.2. The van der Waals surface area contributed by atoms with Gasteiger partial charge in [-0.2, -0.15) is 0 Å². The van der Waals surface area contributed by atoms with Crippen LogP contribution in [-0.2, 0) is 24.9 Å². The monoisotopic (exact) mass is 558 g/mol. The van der Waals surface area contributed by atoms with Gasteiger partial charge in [-0.05, 0) is 52.2 Å². The first kappa shape index (κ1) is 28.2. The molecule has 0 spiro atoms. The van der Waals surface area contributed by atoms with Crippen LogP contribution in [0.2, 0.25) is 0 Å². The summed E-state index contributed by atoms with van der Waals surface area (Å²) in [7, 11) is 1.96. The largest absolute Gasteiger partial charge is 0.490 e. The molecule has 1 aromatic heterocycles. The second-order valence-electron chi connectivity index (χ2n) is 7.67. The Kier molecular flexibility index (Phi) is 13.2. The zero-order chi connectivity index (χ0) is 22.6. The van der Waals surface area contributed by atoms with Gasteiger partial charge >= 0.3 is 0 Å². The number of rotatable bonds is 12. The molecule has 1 heterocycles. The highest BCUT2D eigenvalue weighted by atomic mass is 127. The second kappa shape index (κ2) is 15.0. The van der Waals surface area contributed by atoms with Crippen LogP contribution in [0.1, 0.15) is 56.4 Å². The molecule has 0 aliphatic rings. The van der Waals surface area contributed by atoms with Gasteiger partial charge in [0.1, 0.15) is 11.6 Å². The molecule has 0 aliphatic heterocycles. The van der Waals surface area contributed by atoms with Crippen LogP contribution < -0.4 is 15.4 Å². The molecule has 1 unspecified atom stereocenters. The van der Waals surface area contributed by atoms with Crippen LogP contribution in [-0.4, -0.2) is 46.6 Å². The maximum absolute atomic E-state index is 6.13. The van der Waals surface area contributed by atoms with Crippen molar-refractivity contribution < 1.29 is 9.47 Å². The first-order valence-corrected chi connectivity index (χ1v) is 11.2. The number of hydrogen-bond acceptors (Lipinski definition) is 5. The molecule has 0 amide bonds. The molecule has 2 rings (SSSR count). The van der Waals surface area contributed by atoms with Gasteiger partial charge in [0.2, 0.25) is 0 Å². The number of halogens is 1. The molecule has 2 aromatic rings. The van der Waals surface area contributed by atoms with Crippen LogP contribution in [0.5, 0.6) is 5.75 Å². The van der Waals surface area contributed by atoms with E-state index in [0.29, 0.717) is 13.1 Å². The highest BCUT2D eigenvalue weighted by molar-refractivity contribution is 14.0. The number of ether oxygens (including phenoxy) is 2. The van der Waals surface area contributed by atoms with E-state index in [1.54, 1.807) is 0 Å². The highest BCUT2D eigenvalue weighted by Gasteiger charge is 2.10. The molecule has 180 valence electrons. The second-order valence-corrected chi connectivity index (χ2v) is 7.67. The molecule has 1 aromatic carbocycles. The number of nitrogens with zero attached hydrogens (tertiary/aromatic N) is 4. The lowest BCUT2D eigenvalue weighted by Crippen LogP contribution is -2.38. The van der Waals surface area contributed by atoms with Gasteiger partial charge in [-0.3, -0.25) is 0 Å². The van der Waals surface area contributed by atoms with Crippen molar-refractivity contribution in [2.24, 2.45) is 12.0 Å². The summed E-state index contributed by atoms with van der Waals surface area (Å²) in [5, 5.41) is 15.1. The lowest BCUT2D eigenvalue weighted by molar-refractivity contribution is 0.145. The summed E-state index contributed by atoms with van der Waals surface area (Å²) in [6.45, 7) is 13.5. The van der Waals surface area contributed by atoms with Crippen LogP contribution in [0.25, 0.3) is 0 Å². The lowest BCUT2D eigenvalue weighted by atomic mass is 10.1. The Morgan fingerprint density at radius 2 is 1.97 bits per heavy atom. The Balaban J connectivity index is 0.00000512. The van der Waals surface area contributed by atoms with Crippen LogP contribution in [0.3, 0.4) is 0 Å². The third-order valence-corrected chi connectivity index (χ3v) is 5.09. The van der Waals surface area contributed by atoms with Crippen molar-refractivity contribution in [1.29, 1.82) is 0 Å². The molecule has 0 saturated heterocycles. The third kappa shape index (κ3) is 9.32. The summed E-state index contributed by atoms with van der Waals surface area (Å²) in [4.78, 5) is 4.80. The van der Waals surface area contributed by atoms with Gasteiger partial charge in [0.15, 0.2) is 11.8 Å². The molecule has 9 heteroatoms. The molecule has 0 aliphatic carbocycles. The minimum absolute atomic E-state index is 0. The van der Waals surface area contributed by atoms with Gasteiger partial charge in [-0.1, -0.05) is 19.1 Å². The fourth-order valence-electron chi connectivity index (χ4n) is 2.83. The van der Waals surface area contributed by atoms with Crippen molar-refractivity contribution in [3.05, 3.63) is 41.0 Å². The fraction of sp³-hybridized carbons (Fsp3) is 0.609. The Morgan fingerprint density at radius 1 is 1.19 bits per heavy atom. The topological polar surface area (TPSA) is 85.6 Å². The van der Waals surface area contributed by atoms with E-state index >= 15 is 0 Å². The summed E-state index contributed by atoms with van der Waals surface area (Å²) in [5.74, 6) is 3.37. The van der Waals surface area contributed by atoms with E-state index in [2.05, 4.69) is 59.8 Å². The molecule has 0 radical (unpaired) electrons. The SMILES string of the molecule is CCOCCCNC(=NCc1ccc(C)cc1OC(C)CC)NCc1nnc(C)n1C.I. The Morgan fingerprint density at radius 3 is 2.62 bits per heavy atom. The average Bonchev–Trinajstić information content (AvgIpc) is 3.08. The minimum Gasteiger partial charge on any atom is -0.490 e. The Hall–Kier alpha value is -1.88. The molecule has 0 saturated carbocycles. The van der Waals surface area contributed by atoms with E-state index in [4.69, 9.17) is 14.5 Å². The average molecular weight is 559 g/mol. The smallest absolute Gasteiger partial charge is 0.191 e. The van der Waals surface area contributed by atoms with E-state index in [0.717, 1.165) is 61.5 Å². The third-order valence-electron chi connectivity index (χ3n) is 5.09. The van der Waals surface area contributed by atoms with Crippen LogP contribution in [0.4, 0.5) is 0 Å². The Labute approximate surface area is 209 Å². The van der Waals surface area contributed by atoms with Crippen molar-refractivity contribution >= 4 is 29.9 Å². The number of benzene rings is 1. The van der Waals surface area contributed by atoms with Gasteiger partial charge in [0.05, 0.1) is 19.2 Å². The maximum Gasteiger partial charge on any atom is 0.191 e. The highest BCUT2D eigenvalue weighted by Crippen LogP contribution is 2.23. The van der Waals surface area contributed by atoms with Gasteiger partial charge < -0.3 is 24.7 Å². The molecule has 1 atom stereocenters. The summed E-state index contributed by atoms with van der Waals surface area (Å²) in [5.41, 5.74) is 2.24. The summed E-state index contributed by atoms with van der Waals surface area (Å²) >= 11 is 0. The van der Waals surface area contributed by atoms with Crippen LogP contribution >= 0.6 is 24.0 Å². The van der Waals surface area contributed by atoms with Crippen LogP contribution in [0, 0.1) is 13.8 Å². The maximum atomic E-state index is 6.13. The van der Waals surface area contributed by atoms with E-state index in [9.17, 15) is 0 Å². The minimum atomic E-state index is 0. The standard InChI is InChI=1S/C23H38N6O2.HI/c1-7-18(4)31-21-14-17(3)10-11-20(21)15-25-23(24-12-9-13-30-8-2)26-16-22-28-27-19(5)29(22)6;/h10-11,14,18H,7-9,12-13,15-16H2,1-6H3,(H2,24,25,26);1H. The van der Waals surface area contributed by atoms with Crippen molar-refractivity contribution in [2.75, 3.05) is 19.8 Å². The molecule has 32 heavy (non-hydrogen) atoms. The lowest BCUT2D eigenvalue weighted by Gasteiger charge is -2.17. The van der Waals surface area contributed by atoms with Crippen molar-refractivity contribution in [2.45, 2.75) is 66.7 Å². The molecular formula is C23H39IN6O2. The number of aliphatic imine (C=N–C) groups is 1. The van der Waals surface area contributed by atoms with E-state index in [1.165, 1.54) is 5.56 Å². The molecule has 8 nitrogen and oxygen atoms in total. The summed E-state index contributed by atoms with van der Waals surface area (Å²) < 4.78 is 13.5. The molecule has 2 N–H and O–H groups in total. The molecule has 0 bridgehead atoms. The van der Waals surface area contributed by atoms with Crippen molar-refractivity contribution in [1.82, 2.24) is 25.4 Å². The van der Waals surface area contributed by atoms with Crippen molar-refractivity contribution in [3.63, 3.8) is 0 Å². The number of hydrogen-bond donors (Lipinski definition) is 2. The van der Waals surface area contributed by atoms with E-state index in [-0.39, 0.29) is 30.1 Å². The number of aromatic nitrogens is 3. The van der Waals surface area contributed by atoms with E-state index < -0.39 is 0 Å². The van der Waals surface area contributed by atoms with Gasteiger partial charge in [-0.25, -0.2) is 4.99 Å². The zero-order valence-electron chi connectivity index (χ0n) is 20.3. The zero-order valence-corrected chi connectivity index (χ0v) is 22.6. The summed E-state index contributed by atoms with van der Waals surface area (Å²) in [6, 6.07) is 6.27. The Bertz CT molecular complexity index is 840. The van der Waals surface area contributed by atoms with Crippen LogP contribution in [0.15, 0.2) is 23.2 Å². The molecular weight excluding hydrogens is 519 g/mol. The van der Waals surface area contributed by atoms with E-state index in [1.807, 2.05) is 25.5 Å². The predicted molar refractivity (Wildman–Crippen MR) is 140 cm³/mol. The van der Waals surface area contributed by atoms with Gasteiger partial charge in [0, 0.05) is 32.4 Å². The number of nitrogens with one attached hydrogen (secondary N) is 2. The van der Waals surface area contributed by atoms with Crippen molar-refractivity contribution in [3.8, 4) is 5.75 Å². The number of aryl methyl sites for hydroxylation is 2. The van der Waals surface area contributed by atoms with Gasteiger partial charge in [0.25, 0.3) is 0 Å². The molecule has 0 fully saturated rings. The quantitative estimate of drug-likeness (QED) is 0.178. The fourth-order valence-corrected chi connectivity index (χ4v) is 2.83. The van der Waals surface area contributed by atoms with Gasteiger partial charge in [-0.15, -0.1) is 34.2 Å². The normalized spacial score (nSPS) is 12.2. The first-order chi connectivity index (χ1) is 14.9. The predicted octanol–water partition coefficient (Wildman–Crippen LogP) is 3.89. The number of guanidine groups is 1. The summed E-state index contributed by atoms with van der Waals surface area (Å²) in [6.07, 6.45) is 2.03.